The second-order valence-corrected chi connectivity index (χ2v) is 7.29. The Morgan fingerprint density at radius 2 is 1.63 bits per heavy atom. The summed E-state index contributed by atoms with van der Waals surface area (Å²) in [6, 6.07) is 18.9. The number of para-hydroxylation sites is 1. The second kappa shape index (κ2) is 10.1. The standard InChI is InChI=1S/C23H20Cl2N2O3/c1-2-15-5-3-4-6-20(15)26-22(28)14-30-18-10-7-16(8-11-18)23(29)27-21-13-17(24)9-12-19(21)25/h3-13H,2,14H2,1H3,(H,26,28)(H,27,29). The normalized spacial score (nSPS) is 10.4. The summed E-state index contributed by atoms with van der Waals surface area (Å²) >= 11 is 12.0. The quantitative estimate of drug-likeness (QED) is 0.483. The van der Waals surface area contributed by atoms with Gasteiger partial charge in [-0.05, 0) is 60.5 Å². The van der Waals surface area contributed by atoms with Gasteiger partial charge in [-0.15, -0.1) is 0 Å². The van der Waals surface area contributed by atoms with E-state index in [0.717, 1.165) is 17.7 Å². The molecule has 0 saturated carbocycles. The van der Waals surface area contributed by atoms with E-state index >= 15 is 0 Å². The van der Waals surface area contributed by atoms with E-state index in [2.05, 4.69) is 10.6 Å². The molecule has 3 aromatic carbocycles. The molecule has 3 aromatic rings. The SMILES string of the molecule is CCc1ccccc1NC(=O)COc1ccc(C(=O)Nc2cc(Cl)ccc2Cl)cc1. The van der Waals surface area contributed by atoms with Crippen LogP contribution in [-0.4, -0.2) is 18.4 Å². The number of carbonyl (C=O) groups is 2. The maximum Gasteiger partial charge on any atom is 0.262 e. The molecule has 2 amide bonds. The van der Waals surface area contributed by atoms with Crippen LogP contribution in [-0.2, 0) is 11.2 Å². The van der Waals surface area contributed by atoms with Crippen molar-refractivity contribution in [3.05, 3.63) is 87.9 Å². The molecule has 30 heavy (non-hydrogen) atoms. The Kier molecular flexibility index (Phi) is 7.33. The zero-order valence-electron chi connectivity index (χ0n) is 16.2. The van der Waals surface area contributed by atoms with Crippen LogP contribution in [0.5, 0.6) is 5.75 Å². The van der Waals surface area contributed by atoms with Gasteiger partial charge in [0.2, 0.25) is 0 Å². The average molecular weight is 443 g/mol. The first-order valence-corrected chi connectivity index (χ1v) is 10.1. The third kappa shape index (κ3) is 5.75. The number of benzene rings is 3. The highest BCUT2D eigenvalue weighted by Crippen LogP contribution is 2.26. The van der Waals surface area contributed by atoms with E-state index in [9.17, 15) is 9.59 Å². The molecule has 3 rings (SSSR count). The number of aryl methyl sites for hydroxylation is 1. The lowest BCUT2D eigenvalue weighted by molar-refractivity contribution is -0.118. The zero-order chi connectivity index (χ0) is 21.5. The van der Waals surface area contributed by atoms with Crippen molar-refractivity contribution in [1.82, 2.24) is 0 Å². The summed E-state index contributed by atoms with van der Waals surface area (Å²) < 4.78 is 5.52. The smallest absolute Gasteiger partial charge is 0.262 e. The number of rotatable bonds is 7. The first-order valence-electron chi connectivity index (χ1n) is 9.33. The first-order chi connectivity index (χ1) is 14.5. The number of hydrogen-bond acceptors (Lipinski definition) is 3. The monoisotopic (exact) mass is 442 g/mol. The van der Waals surface area contributed by atoms with Gasteiger partial charge in [0.1, 0.15) is 5.75 Å². The molecule has 5 nitrogen and oxygen atoms in total. The summed E-state index contributed by atoms with van der Waals surface area (Å²) in [5, 5.41) is 6.42. The van der Waals surface area contributed by atoms with Gasteiger partial charge in [-0.1, -0.05) is 48.3 Å². The van der Waals surface area contributed by atoms with Crippen molar-refractivity contribution in [2.45, 2.75) is 13.3 Å². The van der Waals surface area contributed by atoms with Crippen LogP contribution in [0.3, 0.4) is 0 Å². The molecule has 0 bridgehead atoms. The molecule has 154 valence electrons. The van der Waals surface area contributed by atoms with Gasteiger partial charge in [0.25, 0.3) is 11.8 Å². The Bertz CT molecular complexity index is 1050. The molecule has 2 N–H and O–H groups in total. The first kappa shape index (κ1) is 21.7. The minimum absolute atomic E-state index is 0.137. The van der Waals surface area contributed by atoms with Crippen LogP contribution in [0.2, 0.25) is 10.0 Å². The Labute approximate surface area is 185 Å². The van der Waals surface area contributed by atoms with Gasteiger partial charge in [0.05, 0.1) is 10.7 Å². The van der Waals surface area contributed by atoms with Gasteiger partial charge in [-0.25, -0.2) is 0 Å². The highest BCUT2D eigenvalue weighted by molar-refractivity contribution is 6.35. The van der Waals surface area contributed by atoms with Gasteiger partial charge in [-0.3, -0.25) is 9.59 Å². The molecule has 0 saturated heterocycles. The summed E-state index contributed by atoms with van der Waals surface area (Å²) in [5.41, 5.74) is 2.68. The van der Waals surface area contributed by atoms with E-state index < -0.39 is 0 Å². The van der Waals surface area contributed by atoms with Gasteiger partial charge >= 0.3 is 0 Å². The predicted molar refractivity (Wildman–Crippen MR) is 121 cm³/mol. The van der Waals surface area contributed by atoms with Gasteiger partial charge < -0.3 is 15.4 Å². The van der Waals surface area contributed by atoms with Gasteiger partial charge in [0.15, 0.2) is 6.61 Å². The maximum atomic E-state index is 12.4. The molecule has 0 aromatic heterocycles. The largest absolute Gasteiger partial charge is 0.484 e. The van der Waals surface area contributed by atoms with Crippen LogP contribution < -0.4 is 15.4 Å². The third-order valence-corrected chi connectivity index (χ3v) is 4.90. The molecule has 0 radical (unpaired) electrons. The fourth-order valence-electron chi connectivity index (χ4n) is 2.78. The van der Waals surface area contributed by atoms with E-state index in [1.165, 1.54) is 0 Å². The summed E-state index contributed by atoms with van der Waals surface area (Å²) in [5.74, 6) is -0.112. The molecule has 0 aliphatic heterocycles. The maximum absolute atomic E-state index is 12.4. The minimum atomic E-state index is -0.334. The number of carbonyl (C=O) groups excluding carboxylic acids is 2. The second-order valence-electron chi connectivity index (χ2n) is 6.45. The van der Waals surface area contributed by atoms with Crippen molar-refractivity contribution in [3.63, 3.8) is 0 Å². The van der Waals surface area contributed by atoms with E-state index in [1.807, 2.05) is 31.2 Å². The van der Waals surface area contributed by atoms with E-state index in [-0.39, 0.29) is 18.4 Å². The van der Waals surface area contributed by atoms with Gasteiger partial charge in [0, 0.05) is 16.3 Å². The number of anilines is 2. The zero-order valence-corrected chi connectivity index (χ0v) is 17.8. The number of hydrogen-bond donors (Lipinski definition) is 2. The Morgan fingerprint density at radius 3 is 2.37 bits per heavy atom. The lowest BCUT2D eigenvalue weighted by Gasteiger charge is -2.11. The lowest BCUT2D eigenvalue weighted by atomic mass is 10.1. The van der Waals surface area contributed by atoms with Crippen LogP contribution in [0.1, 0.15) is 22.8 Å². The predicted octanol–water partition coefficient (Wildman–Crippen LogP) is 5.83. The lowest BCUT2D eigenvalue weighted by Crippen LogP contribution is -2.21. The van der Waals surface area contributed by atoms with Crippen LogP contribution in [0.15, 0.2) is 66.7 Å². The summed E-state index contributed by atoms with van der Waals surface area (Å²) in [6.07, 6.45) is 0.821. The van der Waals surface area contributed by atoms with Crippen molar-refractivity contribution in [2.24, 2.45) is 0 Å². The highest BCUT2D eigenvalue weighted by atomic mass is 35.5. The van der Waals surface area contributed by atoms with Crippen molar-refractivity contribution in [3.8, 4) is 5.75 Å². The van der Waals surface area contributed by atoms with Crippen LogP contribution in [0.25, 0.3) is 0 Å². The minimum Gasteiger partial charge on any atom is -0.484 e. The Balaban J connectivity index is 1.56. The molecule has 0 aliphatic carbocycles. The molecule has 0 unspecified atom stereocenters. The molecule has 7 heteroatoms. The van der Waals surface area contributed by atoms with Crippen molar-refractivity contribution in [1.29, 1.82) is 0 Å². The molecule has 0 fully saturated rings. The Hall–Kier alpha value is -3.02. The van der Waals surface area contributed by atoms with E-state index in [4.69, 9.17) is 27.9 Å². The molecule has 0 aliphatic rings. The van der Waals surface area contributed by atoms with Crippen LogP contribution >= 0.6 is 23.2 Å². The fourth-order valence-corrected chi connectivity index (χ4v) is 3.11. The fraction of sp³-hybridized carbons (Fsp3) is 0.130. The van der Waals surface area contributed by atoms with Crippen molar-refractivity contribution < 1.29 is 14.3 Å². The highest BCUT2D eigenvalue weighted by Gasteiger charge is 2.10. The number of halogens is 2. The summed E-state index contributed by atoms with van der Waals surface area (Å²) in [6.45, 7) is 1.89. The molecular weight excluding hydrogens is 423 g/mol. The van der Waals surface area contributed by atoms with Crippen LogP contribution in [0, 0.1) is 0 Å². The molecular formula is C23H20Cl2N2O3. The Morgan fingerprint density at radius 1 is 0.900 bits per heavy atom. The van der Waals surface area contributed by atoms with Gasteiger partial charge in [-0.2, -0.15) is 0 Å². The van der Waals surface area contributed by atoms with E-state index in [1.54, 1.807) is 42.5 Å². The third-order valence-electron chi connectivity index (χ3n) is 4.34. The topological polar surface area (TPSA) is 67.4 Å². The molecule has 0 spiro atoms. The average Bonchev–Trinajstić information content (AvgIpc) is 2.75. The summed E-state index contributed by atoms with van der Waals surface area (Å²) in [7, 11) is 0. The number of ether oxygens (including phenoxy) is 1. The van der Waals surface area contributed by atoms with Crippen molar-refractivity contribution >= 4 is 46.4 Å². The van der Waals surface area contributed by atoms with Crippen molar-refractivity contribution in [2.75, 3.05) is 17.2 Å². The van der Waals surface area contributed by atoms with Crippen LogP contribution in [0.4, 0.5) is 11.4 Å². The number of amides is 2. The van der Waals surface area contributed by atoms with E-state index in [0.29, 0.717) is 27.0 Å². The number of nitrogens with one attached hydrogen (secondary N) is 2. The molecule has 0 heterocycles. The molecule has 0 atom stereocenters. The summed E-state index contributed by atoms with van der Waals surface area (Å²) in [4.78, 5) is 24.6.